The van der Waals surface area contributed by atoms with Crippen molar-refractivity contribution < 1.29 is 4.79 Å². The number of carbonyl (C=O) groups excluding carboxylic acids is 1. The van der Waals surface area contributed by atoms with E-state index in [0.717, 1.165) is 16.9 Å². The van der Waals surface area contributed by atoms with Gasteiger partial charge in [-0.15, -0.1) is 11.3 Å². The van der Waals surface area contributed by atoms with Gasteiger partial charge in [0.05, 0.1) is 4.88 Å². The molecule has 0 radical (unpaired) electrons. The third-order valence-corrected chi connectivity index (χ3v) is 5.03. The molecular formula is C18H20N4OS2. The van der Waals surface area contributed by atoms with Crippen LogP contribution in [0, 0.1) is 4.77 Å². The number of hydrogen-bond acceptors (Lipinski definition) is 4. The standard InChI is InChI=1S/C18H20N4OS2/c1-2-10-21(12-14-7-4-3-5-8-14)16(23)13-22-17(19-20-18(22)24)15-9-6-11-25-15/h3-9,11H,2,10,12-13H2,1H3,(H,20,24). The van der Waals surface area contributed by atoms with Crippen molar-refractivity contribution in [2.24, 2.45) is 0 Å². The Morgan fingerprint density at radius 3 is 2.76 bits per heavy atom. The maximum absolute atomic E-state index is 12.9. The molecule has 0 unspecified atom stereocenters. The fraction of sp³-hybridized carbons (Fsp3) is 0.278. The molecule has 0 spiro atoms. The minimum atomic E-state index is 0.0426. The highest BCUT2D eigenvalue weighted by Gasteiger charge is 2.18. The molecule has 0 atom stereocenters. The summed E-state index contributed by atoms with van der Waals surface area (Å²) in [6, 6.07) is 14.0. The lowest BCUT2D eigenvalue weighted by atomic mass is 10.2. The Balaban J connectivity index is 1.80. The van der Waals surface area contributed by atoms with Crippen molar-refractivity contribution >= 4 is 29.5 Å². The smallest absolute Gasteiger partial charge is 0.242 e. The van der Waals surface area contributed by atoms with Crippen LogP contribution in [0.5, 0.6) is 0 Å². The molecule has 130 valence electrons. The van der Waals surface area contributed by atoms with Crippen molar-refractivity contribution in [2.75, 3.05) is 6.54 Å². The Kier molecular flexibility index (Phi) is 5.78. The number of benzene rings is 1. The number of hydrogen-bond donors (Lipinski definition) is 1. The normalized spacial score (nSPS) is 10.8. The van der Waals surface area contributed by atoms with Crippen molar-refractivity contribution in [3.63, 3.8) is 0 Å². The first-order valence-electron chi connectivity index (χ1n) is 8.20. The van der Waals surface area contributed by atoms with Gasteiger partial charge in [0.1, 0.15) is 6.54 Å². The van der Waals surface area contributed by atoms with Crippen LogP contribution in [0.1, 0.15) is 18.9 Å². The van der Waals surface area contributed by atoms with Gasteiger partial charge in [-0.05, 0) is 35.6 Å². The zero-order chi connectivity index (χ0) is 17.6. The second-order valence-electron chi connectivity index (χ2n) is 5.72. The minimum Gasteiger partial charge on any atom is -0.337 e. The van der Waals surface area contributed by atoms with Crippen molar-refractivity contribution in [1.82, 2.24) is 19.7 Å². The summed E-state index contributed by atoms with van der Waals surface area (Å²) in [4.78, 5) is 15.8. The fourth-order valence-corrected chi connectivity index (χ4v) is 3.58. The van der Waals surface area contributed by atoms with Crippen LogP contribution in [0.25, 0.3) is 10.7 Å². The molecule has 3 rings (SSSR count). The summed E-state index contributed by atoms with van der Waals surface area (Å²) >= 11 is 6.90. The van der Waals surface area contributed by atoms with Gasteiger partial charge in [0.2, 0.25) is 5.91 Å². The van der Waals surface area contributed by atoms with Gasteiger partial charge in [0, 0.05) is 13.1 Å². The van der Waals surface area contributed by atoms with Gasteiger partial charge >= 0.3 is 0 Å². The molecule has 1 amide bonds. The average molecular weight is 373 g/mol. The molecule has 0 fully saturated rings. The molecule has 3 aromatic rings. The van der Waals surface area contributed by atoms with Crippen LogP contribution in [0.15, 0.2) is 47.8 Å². The van der Waals surface area contributed by atoms with Crippen LogP contribution in [0.2, 0.25) is 0 Å². The maximum Gasteiger partial charge on any atom is 0.242 e. The minimum absolute atomic E-state index is 0.0426. The van der Waals surface area contributed by atoms with Crippen LogP contribution in [0.4, 0.5) is 0 Å². The van der Waals surface area contributed by atoms with E-state index in [-0.39, 0.29) is 12.5 Å². The lowest BCUT2D eigenvalue weighted by Crippen LogP contribution is -2.34. The van der Waals surface area contributed by atoms with E-state index in [1.54, 1.807) is 15.9 Å². The zero-order valence-electron chi connectivity index (χ0n) is 14.0. The van der Waals surface area contributed by atoms with Crippen LogP contribution in [-0.4, -0.2) is 32.1 Å². The van der Waals surface area contributed by atoms with E-state index in [1.807, 2.05) is 52.7 Å². The molecule has 0 aliphatic heterocycles. The van der Waals surface area contributed by atoms with Crippen molar-refractivity contribution in [3.8, 4) is 10.7 Å². The van der Waals surface area contributed by atoms with Crippen molar-refractivity contribution in [2.45, 2.75) is 26.4 Å². The second-order valence-corrected chi connectivity index (χ2v) is 7.05. The number of aromatic nitrogens is 3. The molecule has 2 aromatic heterocycles. The van der Waals surface area contributed by atoms with Gasteiger partial charge < -0.3 is 4.90 Å². The molecule has 0 bridgehead atoms. The van der Waals surface area contributed by atoms with Gasteiger partial charge in [-0.3, -0.25) is 14.5 Å². The monoisotopic (exact) mass is 372 g/mol. The molecule has 0 aliphatic rings. The highest BCUT2D eigenvalue weighted by atomic mass is 32.1. The average Bonchev–Trinajstić information content (AvgIpc) is 3.26. The summed E-state index contributed by atoms with van der Waals surface area (Å²) < 4.78 is 2.24. The van der Waals surface area contributed by atoms with E-state index in [0.29, 0.717) is 23.7 Å². The maximum atomic E-state index is 12.9. The van der Waals surface area contributed by atoms with Gasteiger partial charge in [-0.25, -0.2) is 0 Å². The Bertz CT molecular complexity index is 868. The lowest BCUT2D eigenvalue weighted by molar-refractivity contribution is -0.132. The molecule has 2 heterocycles. The summed E-state index contributed by atoms with van der Waals surface area (Å²) in [6.07, 6.45) is 0.910. The second kappa shape index (κ2) is 8.22. The first-order chi connectivity index (χ1) is 12.2. The summed E-state index contributed by atoms with van der Waals surface area (Å²) in [5.74, 6) is 0.755. The van der Waals surface area contributed by atoms with Crippen molar-refractivity contribution in [1.29, 1.82) is 0 Å². The number of nitrogens with zero attached hydrogens (tertiary/aromatic N) is 3. The summed E-state index contributed by atoms with van der Waals surface area (Å²) in [7, 11) is 0. The molecule has 1 N–H and O–H groups in total. The molecule has 7 heteroatoms. The number of rotatable bonds is 7. The zero-order valence-corrected chi connectivity index (χ0v) is 15.6. The van der Waals surface area contributed by atoms with E-state index < -0.39 is 0 Å². The Hall–Kier alpha value is -2.25. The molecule has 1 aromatic carbocycles. The van der Waals surface area contributed by atoms with Gasteiger partial charge in [-0.1, -0.05) is 43.3 Å². The van der Waals surface area contributed by atoms with Crippen LogP contribution >= 0.6 is 23.6 Å². The van der Waals surface area contributed by atoms with E-state index >= 15 is 0 Å². The van der Waals surface area contributed by atoms with Crippen molar-refractivity contribution in [3.05, 3.63) is 58.2 Å². The number of thiophene rings is 1. The third-order valence-electron chi connectivity index (χ3n) is 3.86. The largest absolute Gasteiger partial charge is 0.337 e. The number of aromatic amines is 1. The van der Waals surface area contributed by atoms with Crippen LogP contribution in [0.3, 0.4) is 0 Å². The number of H-pyrrole nitrogens is 1. The summed E-state index contributed by atoms with van der Waals surface area (Å²) in [6.45, 7) is 3.58. The molecule has 5 nitrogen and oxygen atoms in total. The van der Waals surface area contributed by atoms with E-state index in [4.69, 9.17) is 12.2 Å². The highest BCUT2D eigenvalue weighted by Crippen LogP contribution is 2.23. The van der Waals surface area contributed by atoms with E-state index in [9.17, 15) is 4.79 Å². The molecule has 0 saturated heterocycles. The molecule has 25 heavy (non-hydrogen) atoms. The summed E-state index contributed by atoms with van der Waals surface area (Å²) in [5.41, 5.74) is 1.12. The Morgan fingerprint density at radius 1 is 1.28 bits per heavy atom. The van der Waals surface area contributed by atoms with Crippen LogP contribution < -0.4 is 0 Å². The van der Waals surface area contributed by atoms with Crippen LogP contribution in [-0.2, 0) is 17.9 Å². The van der Waals surface area contributed by atoms with E-state index in [2.05, 4.69) is 17.1 Å². The van der Waals surface area contributed by atoms with Gasteiger partial charge in [-0.2, -0.15) is 5.10 Å². The lowest BCUT2D eigenvalue weighted by Gasteiger charge is -2.22. The summed E-state index contributed by atoms with van der Waals surface area (Å²) in [5, 5.41) is 9.07. The third kappa shape index (κ3) is 4.24. The first-order valence-corrected chi connectivity index (χ1v) is 9.48. The quantitative estimate of drug-likeness (QED) is 0.635. The number of amides is 1. The van der Waals surface area contributed by atoms with Gasteiger partial charge in [0.25, 0.3) is 0 Å². The number of nitrogens with one attached hydrogen (secondary N) is 1. The SMILES string of the molecule is CCCN(Cc1ccccc1)C(=O)Cn1c(-c2cccs2)n[nH]c1=S. The topological polar surface area (TPSA) is 53.9 Å². The first kappa shape index (κ1) is 17.6. The van der Waals surface area contributed by atoms with Gasteiger partial charge in [0.15, 0.2) is 10.6 Å². The predicted octanol–water partition coefficient (Wildman–Crippen LogP) is 4.11. The number of carbonyl (C=O) groups is 1. The molecular weight excluding hydrogens is 352 g/mol. The molecule has 0 aliphatic carbocycles. The van der Waals surface area contributed by atoms with E-state index in [1.165, 1.54) is 0 Å². The molecule has 0 saturated carbocycles. The highest BCUT2D eigenvalue weighted by molar-refractivity contribution is 7.71. The fourth-order valence-electron chi connectivity index (χ4n) is 2.66. The predicted molar refractivity (Wildman–Crippen MR) is 103 cm³/mol. The Morgan fingerprint density at radius 2 is 2.08 bits per heavy atom. The Labute approximate surface area is 155 Å².